The number of benzene rings is 2. The fraction of sp³-hybridized carbons (Fsp3) is 0.308. The predicted molar refractivity (Wildman–Crippen MR) is 126 cm³/mol. The summed E-state index contributed by atoms with van der Waals surface area (Å²) >= 11 is 0. The Balaban J connectivity index is 1.14. The molecule has 172 valence electrons. The minimum absolute atomic E-state index is 0.329. The molecule has 1 aromatic heterocycles. The zero-order valence-corrected chi connectivity index (χ0v) is 18.7. The Morgan fingerprint density at radius 1 is 1.06 bits per heavy atom. The van der Waals surface area contributed by atoms with Crippen molar-refractivity contribution in [2.45, 2.75) is 44.2 Å². The molecular formula is C26H25N5O3. The van der Waals surface area contributed by atoms with E-state index in [4.69, 9.17) is 0 Å². The van der Waals surface area contributed by atoms with Gasteiger partial charge in [-0.3, -0.25) is 14.5 Å². The van der Waals surface area contributed by atoms with E-state index >= 15 is 0 Å². The Morgan fingerprint density at radius 3 is 2.74 bits per heavy atom. The number of imidazole rings is 1. The summed E-state index contributed by atoms with van der Waals surface area (Å²) in [6.07, 6.45) is 6.57. The number of amides is 4. The van der Waals surface area contributed by atoms with Crippen molar-refractivity contribution in [1.82, 2.24) is 19.8 Å². The Kier molecular flexibility index (Phi) is 4.76. The van der Waals surface area contributed by atoms with Crippen LogP contribution in [0.25, 0.3) is 11.4 Å². The number of nitrogens with one attached hydrogen (secondary N) is 2. The maximum absolute atomic E-state index is 13.2. The number of anilines is 1. The number of carbonyl (C=O) groups excluding carboxylic acids is 3. The summed E-state index contributed by atoms with van der Waals surface area (Å²) < 4.78 is 2.26. The summed E-state index contributed by atoms with van der Waals surface area (Å²) in [6.45, 7) is 0.644. The molecule has 0 bridgehead atoms. The third kappa shape index (κ3) is 3.21. The SMILES string of the molecule is O=C(CN1C(=O)NC2(CCc3ccccc32)C1=O)Nc1ccc(-c2ncc3n2CCCC3)cc1. The number of imide groups is 1. The van der Waals surface area contributed by atoms with Gasteiger partial charge in [0.1, 0.15) is 17.9 Å². The first kappa shape index (κ1) is 20.7. The average molecular weight is 456 g/mol. The molecule has 1 saturated heterocycles. The van der Waals surface area contributed by atoms with Crippen LogP contribution in [0.3, 0.4) is 0 Å². The highest BCUT2D eigenvalue weighted by molar-refractivity contribution is 6.10. The number of rotatable bonds is 4. The molecule has 2 N–H and O–H groups in total. The minimum atomic E-state index is -1.06. The van der Waals surface area contributed by atoms with Gasteiger partial charge in [-0.05, 0) is 67.5 Å². The fourth-order valence-corrected chi connectivity index (χ4v) is 5.45. The third-order valence-corrected chi connectivity index (χ3v) is 7.15. The molecule has 0 saturated carbocycles. The zero-order valence-electron chi connectivity index (χ0n) is 18.7. The number of hydrogen-bond donors (Lipinski definition) is 2. The molecule has 8 heteroatoms. The van der Waals surface area contributed by atoms with Gasteiger partial charge in [-0.2, -0.15) is 0 Å². The molecule has 1 spiro atoms. The number of fused-ring (bicyclic) bond motifs is 3. The summed E-state index contributed by atoms with van der Waals surface area (Å²) in [5.74, 6) is 0.156. The summed E-state index contributed by atoms with van der Waals surface area (Å²) in [6, 6.07) is 14.6. The van der Waals surface area contributed by atoms with Crippen LogP contribution in [-0.2, 0) is 34.5 Å². The lowest BCUT2D eigenvalue weighted by molar-refractivity contribution is -0.134. The second kappa shape index (κ2) is 7.83. The van der Waals surface area contributed by atoms with Crippen molar-refractivity contribution in [2.75, 3.05) is 11.9 Å². The number of carbonyl (C=O) groups is 3. The number of urea groups is 1. The van der Waals surface area contributed by atoms with E-state index in [1.54, 1.807) is 0 Å². The normalized spacial score (nSPS) is 20.9. The number of hydrogen-bond acceptors (Lipinski definition) is 4. The highest BCUT2D eigenvalue weighted by atomic mass is 16.2. The summed E-state index contributed by atoms with van der Waals surface area (Å²) in [7, 11) is 0. The van der Waals surface area contributed by atoms with Crippen LogP contribution in [0.5, 0.6) is 0 Å². The van der Waals surface area contributed by atoms with Crippen LogP contribution in [0.4, 0.5) is 10.5 Å². The van der Waals surface area contributed by atoms with Crippen molar-refractivity contribution in [2.24, 2.45) is 0 Å². The van der Waals surface area contributed by atoms with E-state index in [1.165, 1.54) is 12.1 Å². The van der Waals surface area contributed by atoms with Gasteiger partial charge in [0.2, 0.25) is 5.91 Å². The number of aryl methyl sites for hydroxylation is 2. The van der Waals surface area contributed by atoms with Gasteiger partial charge in [-0.1, -0.05) is 24.3 Å². The van der Waals surface area contributed by atoms with Gasteiger partial charge in [0.05, 0.1) is 0 Å². The van der Waals surface area contributed by atoms with Gasteiger partial charge < -0.3 is 15.2 Å². The van der Waals surface area contributed by atoms with Gasteiger partial charge in [0.15, 0.2) is 0 Å². The van der Waals surface area contributed by atoms with Crippen molar-refractivity contribution >= 4 is 23.5 Å². The molecule has 3 aromatic rings. The first-order valence-corrected chi connectivity index (χ1v) is 11.7. The van der Waals surface area contributed by atoms with Crippen molar-refractivity contribution in [3.05, 3.63) is 71.5 Å². The van der Waals surface area contributed by atoms with E-state index in [2.05, 4.69) is 20.2 Å². The zero-order chi connectivity index (χ0) is 23.3. The lowest BCUT2D eigenvalue weighted by atomic mass is 9.92. The topological polar surface area (TPSA) is 96.3 Å². The Bertz CT molecular complexity index is 1310. The van der Waals surface area contributed by atoms with Crippen LogP contribution in [0.2, 0.25) is 0 Å². The van der Waals surface area contributed by atoms with Crippen LogP contribution in [0.1, 0.15) is 36.1 Å². The van der Waals surface area contributed by atoms with E-state index in [9.17, 15) is 14.4 Å². The van der Waals surface area contributed by atoms with Crippen molar-refractivity contribution in [3.8, 4) is 11.4 Å². The summed E-state index contributed by atoms with van der Waals surface area (Å²) in [5.41, 5.74) is 3.68. The van der Waals surface area contributed by atoms with Crippen molar-refractivity contribution in [1.29, 1.82) is 0 Å². The van der Waals surface area contributed by atoms with Crippen LogP contribution < -0.4 is 10.6 Å². The molecular weight excluding hydrogens is 430 g/mol. The highest BCUT2D eigenvalue weighted by Gasteiger charge is 2.55. The number of nitrogens with zero attached hydrogens (tertiary/aromatic N) is 3. The second-order valence-electron chi connectivity index (χ2n) is 9.19. The average Bonchev–Trinajstić information content (AvgIpc) is 3.51. The van der Waals surface area contributed by atoms with E-state index in [0.717, 1.165) is 46.8 Å². The smallest absolute Gasteiger partial charge is 0.325 e. The maximum atomic E-state index is 13.2. The molecule has 2 aliphatic heterocycles. The van der Waals surface area contributed by atoms with Gasteiger partial charge in [0, 0.05) is 29.7 Å². The highest BCUT2D eigenvalue weighted by Crippen LogP contribution is 2.41. The van der Waals surface area contributed by atoms with Crippen LogP contribution in [0, 0.1) is 0 Å². The Morgan fingerprint density at radius 2 is 1.88 bits per heavy atom. The van der Waals surface area contributed by atoms with E-state index < -0.39 is 17.5 Å². The van der Waals surface area contributed by atoms with Gasteiger partial charge in [0.25, 0.3) is 5.91 Å². The van der Waals surface area contributed by atoms with Crippen molar-refractivity contribution < 1.29 is 14.4 Å². The van der Waals surface area contributed by atoms with E-state index in [1.807, 2.05) is 54.7 Å². The molecule has 34 heavy (non-hydrogen) atoms. The lowest BCUT2D eigenvalue weighted by Gasteiger charge is -2.22. The monoisotopic (exact) mass is 455 g/mol. The van der Waals surface area contributed by atoms with E-state index in [0.29, 0.717) is 18.5 Å². The van der Waals surface area contributed by atoms with Gasteiger partial charge >= 0.3 is 6.03 Å². The molecule has 1 aliphatic carbocycles. The summed E-state index contributed by atoms with van der Waals surface area (Å²) in [4.78, 5) is 44.2. The minimum Gasteiger partial charge on any atom is -0.328 e. The first-order valence-electron chi connectivity index (χ1n) is 11.7. The van der Waals surface area contributed by atoms with E-state index in [-0.39, 0.29) is 12.5 Å². The molecule has 4 amide bonds. The van der Waals surface area contributed by atoms with Gasteiger partial charge in [-0.15, -0.1) is 0 Å². The lowest BCUT2D eigenvalue weighted by Crippen LogP contribution is -2.42. The predicted octanol–water partition coefficient (Wildman–Crippen LogP) is 3.22. The van der Waals surface area contributed by atoms with Crippen LogP contribution in [-0.4, -0.2) is 38.8 Å². The molecule has 2 aromatic carbocycles. The van der Waals surface area contributed by atoms with Crippen molar-refractivity contribution in [3.63, 3.8) is 0 Å². The molecule has 0 radical (unpaired) electrons. The van der Waals surface area contributed by atoms with Gasteiger partial charge in [-0.25, -0.2) is 9.78 Å². The largest absolute Gasteiger partial charge is 0.328 e. The molecule has 6 rings (SSSR count). The standard InChI is InChI=1S/C26H25N5O3/c32-22(16-31-24(33)26(29-25(31)34)13-12-17-5-1-2-7-21(17)26)28-19-10-8-18(9-11-19)23-27-15-20-6-3-4-14-30(20)23/h1-2,5,7-11,15H,3-4,6,12-14,16H2,(H,28,32)(H,29,34). The third-order valence-electron chi connectivity index (χ3n) is 7.15. The summed E-state index contributed by atoms with van der Waals surface area (Å²) in [5, 5.41) is 5.65. The molecule has 1 fully saturated rings. The maximum Gasteiger partial charge on any atom is 0.325 e. The molecule has 3 heterocycles. The Hall–Kier alpha value is -3.94. The second-order valence-corrected chi connectivity index (χ2v) is 9.19. The van der Waals surface area contributed by atoms with Crippen LogP contribution in [0.15, 0.2) is 54.7 Å². The number of aromatic nitrogens is 2. The Labute approximate surface area is 197 Å². The molecule has 1 unspecified atom stereocenters. The first-order chi connectivity index (χ1) is 16.5. The molecule has 8 nitrogen and oxygen atoms in total. The molecule has 3 aliphatic rings. The fourth-order valence-electron chi connectivity index (χ4n) is 5.45. The quantitative estimate of drug-likeness (QED) is 0.591. The molecule has 1 atom stereocenters. The van der Waals surface area contributed by atoms with Crippen LogP contribution >= 0.6 is 0 Å².